The Bertz CT molecular complexity index is 448. The molecule has 1 fully saturated rings. The van der Waals surface area contributed by atoms with E-state index in [1.807, 2.05) is 0 Å². The molecule has 7 heteroatoms. The molecule has 7 nitrogen and oxygen atoms in total. The van der Waals surface area contributed by atoms with Crippen molar-refractivity contribution in [2.45, 2.75) is 24.5 Å². The highest BCUT2D eigenvalue weighted by molar-refractivity contribution is 5.87. The van der Waals surface area contributed by atoms with Crippen molar-refractivity contribution >= 4 is 11.7 Å². The Hall–Kier alpha value is -1.67. The topological polar surface area (TPSA) is 119 Å². The van der Waals surface area contributed by atoms with E-state index in [-0.39, 0.29) is 5.56 Å². The molecule has 1 aromatic rings. The van der Waals surface area contributed by atoms with Crippen molar-refractivity contribution in [1.29, 1.82) is 0 Å². The summed E-state index contributed by atoms with van der Waals surface area (Å²) in [5.74, 6) is -1.03. The number of carboxylic acid groups (broad SMARTS) is 1. The molecule has 1 saturated heterocycles. The van der Waals surface area contributed by atoms with E-state index in [9.17, 15) is 15.0 Å². The molecule has 4 atom stereocenters. The largest absolute Gasteiger partial charge is 0.478 e. The number of nitrogens with one attached hydrogen (secondary N) is 1. The van der Waals surface area contributed by atoms with Crippen LogP contribution in [0.4, 0.5) is 5.69 Å². The number of anilines is 1. The lowest BCUT2D eigenvalue weighted by Crippen LogP contribution is -2.36. The first-order valence-corrected chi connectivity index (χ1v) is 5.75. The summed E-state index contributed by atoms with van der Waals surface area (Å²) < 4.78 is 5.24. The van der Waals surface area contributed by atoms with Crippen LogP contribution in [0, 0.1) is 0 Å². The molecule has 1 aliphatic heterocycles. The average molecular weight is 269 g/mol. The monoisotopic (exact) mass is 269 g/mol. The van der Waals surface area contributed by atoms with E-state index >= 15 is 0 Å². The van der Waals surface area contributed by atoms with Crippen LogP contribution in [0.25, 0.3) is 0 Å². The predicted molar refractivity (Wildman–Crippen MR) is 64.8 cm³/mol. The first kappa shape index (κ1) is 13.8. The van der Waals surface area contributed by atoms with Gasteiger partial charge in [0.05, 0.1) is 12.2 Å². The Morgan fingerprint density at radius 1 is 1.21 bits per heavy atom. The number of benzene rings is 1. The zero-order chi connectivity index (χ0) is 14.0. The number of carbonyl (C=O) groups is 1. The summed E-state index contributed by atoms with van der Waals surface area (Å²) in [6, 6.07) is 5.87. The minimum Gasteiger partial charge on any atom is -0.478 e. The summed E-state index contributed by atoms with van der Waals surface area (Å²) in [7, 11) is 0. The number of aliphatic hydroxyl groups is 3. The van der Waals surface area contributed by atoms with Gasteiger partial charge in [-0.2, -0.15) is 0 Å². The maximum atomic E-state index is 10.7. The predicted octanol–water partition coefficient (Wildman–Crippen LogP) is -0.764. The Morgan fingerprint density at radius 2 is 1.84 bits per heavy atom. The molecular formula is C12H15NO6. The summed E-state index contributed by atoms with van der Waals surface area (Å²) >= 11 is 0. The van der Waals surface area contributed by atoms with Gasteiger partial charge in [0.25, 0.3) is 0 Å². The Morgan fingerprint density at radius 3 is 2.32 bits per heavy atom. The lowest BCUT2D eigenvalue weighted by Gasteiger charge is -2.17. The molecule has 1 heterocycles. The Labute approximate surface area is 109 Å². The lowest BCUT2D eigenvalue weighted by molar-refractivity contribution is -0.0153. The fourth-order valence-corrected chi connectivity index (χ4v) is 1.89. The van der Waals surface area contributed by atoms with Gasteiger partial charge in [0.2, 0.25) is 0 Å². The highest BCUT2D eigenvalue weighted by atomic mass is 16.6. The second kappa shape index (κ2) is 5.54. The number of carboxylic acids is 1. The van der Waals surface area contributed by atoms with Crippen LogP contribution in [0.5, 0.6) is 0 Å². The molecule has 5 N–H and O–H groups in total. The van der Waals surface area contributed by atoms with Crippen LogP contribution in [0.3, 0.4) is 0 Å². The molecule has 1 aromatic carbocycles. The summed E-state index contributed by atoms with van der Waals surface area (Å²) in [6.45, 7) is -0.394. The molecule has 0 saturated carbocycles. The maximum absolute atomic E-state index is 10.7. The number of aromatic carboxylic acids is 1. The van der Waals surface area contributed by atoms with Crippen LogP contribution in [0.1, 0.15) is 10.4 Å². The highest BCUT2D eigenvalue weighted by Crippen LogP contribution is 2.23. The Balaban J connectivity index is 2.03. The van der Waals surface area contributed by atoms with Crippen molar-refractivity contribution in [2.75, 3.05) is 11.9 Å². The maximum Gasteiger partial charge on any atom is 0.335 e. The molecule has 0 aromatic heterocycles. The van der Waals surface area contributed by atoms with Gasteiger partial charge in [0.1, 0.15) is 18.3 Å². The van der Waals surface area contributed by atoms with Gasteiger partial charge < -0.3 is 30.5 Å². The van der Waals surface area contributed by atoms with Crippen molar-refractivity contribution < 1.29 is 30.0 Å². The van der Waals surface area contributed by atoms with E-state index in [1.165, 1.54) is 24.3 Å². The van der Waals surface area contributed by atoms with E-state index in [0.29, 0.717) is 5.69 Å². The zero-order valence-corrected chi connectivity index (χ0v) is 9.93. The molecule has 0 spiro atoms. The molecule has 0 amide bonds. The van der Waals surface area contributed by atoms with Gasteiger partial charge in [0, 0.05) is 5.69 Å². The van der Waals surface area contributed by atoms with Crippen LogP contribution in [-0.4, -0.2) is 57.5 Å². The van der Waals surface area contributed by atoms with Gasteiger partial charge in [-0.3, -0.25) is 0 Å². The third kappa shape index (κ3) is 2.85. The normalized spacial score (nSPS) is 30.3. The minimum absolute atomic E-state index is 0.145. The summed E-state index contributed by atoms with van der Waals surface area (Å²) in [5, 5.41) is 39.8. The van der Waals surface area contributed by atoms with Crippen molar-refractivity contribution in [3.05, 3.63) is 29.8 Å². The van der Waals surface area contributed by atoms with Crippen LogP contribution in [0.2, 0.25) is 0 Å². The second-order valence-electron chi connectivity index (χ2n) is 4.29. The molecule has 0 aliphatic carbocycles. The van der Waals surface area contributed by atoms with Crippen LogP contribution >= 0.6 is 0 Å². The molecule has 2 rings (SSSR count). The van der Waals surface area contributed by atoms with Gasteiger partial charge in [-0.25, -0.2) is 4.79 Å². The zero-order valence-electron chi connectivity index (χ0n) is 9.93. The average Bonchev–Trinajstić information content (AvgIpc) is 2.67. The SMILES string of the molecule is O=C(O)c1ccc(N[C@@H]2O[C@H](CO)[C@@H](O)[C@@H]2O)cc1. The van der Waals surface area contributed by atoms with Crippen molar-refractivity contribution in [3.8, 4) is 0 Å². The van der Waals surface area contributed by atoms with Crippen LogP contribution < -0.4 is 5.32 Å². The molecule has 0 bridgehead atoms. The van der Waals surface area contributed by atoms with E-state index in [2.05, 4.69) is 5.32 Å². The van der Waals surface area contributed by atoms with Crippen molar-refractivity contribution in [3.63, 3.8) is 0 Å². The minimum atomic E-state index is -1.17. The van der Waals surface area contributed by atoms with Crippen LogP contribution in [0.15, 0.2) is 24.3 Å². The molecule has 0 radical (unpaired) electrons. The Kier molecular flexibility index (Phi) is 4.01. The van der Waals surface area contributed by atoms with Gasteiger partial charge in [-0.05, 0) is 24.3 Å². The smallest absolute Gasteiger partial charge is 0.335 e. The first-order chi connectivity index (χ1) is 9.02. The fourth-order valence-electron chi connectivity index (χ4n) is 1.89. The molecule has 104 valence electrons. The number of rotatable bonds is 4. The standard InChI is InChI=1S/C12H15NO6/c14-5-8-9(15)10(16)11(19-8)13-7-3-1-6(2-4-7)12(17)18/h1-4,8-11,13-16H,5H2,(H,17,18)/t8-,9-,10+,11-/m1/s1. The van der Waals surface area contributed by atoms with Crippen molar-refractivity contribution in [2.24, 2.45) is 0 Å². The molecular weight excluding hydrogens is 254 g/mol. The van der Waals surface area contributed by atoms with Gasteiger partial charge in [-0.15, -0.1) is 0 Å². The number of hydrogen-bond donors (Lipinski definition) is 5. The highest BCUT2D eigenvalue weighted by Gasteiger charge is 2.42. The quantitative estimate of drug-likeness (QED) is 0.487. The third-order valence-electron chi connectivity index (χ3n) is 2.98. The summed E-state index contributed by atoms with van der Waals surface area (Å²) in [6.07, 6.45) is -4.04. The van der Waals surface area contributed by atoms with Crippen LogP contribution in [-0.2, 0) is 4.74 Å². The number of ether oxygens (including phenoxy) is 1. The lowest BCUT2D eigenvalue weighted by atomic mass is 10.1. The van der Waals surface area contributed by atoms with E-state index in [1.54, 1.807) is 0 Å². The van der Waals surface area contributed by atoms with Gasteiger partial charge >= 0.3 is 5.97 Å². The van der Waals surface area contributed by atoms with E-state index in [4.69, 9.17) is 14.9 Å². The van der Waals surface area contributed by atoms with Gasteiger partial charge in [0.15, 0.2) is 6.23 Å². The first-order valence-electron chi connectivity index (χ1n) is 5.75. The molecule has 1 aliphatic rings. The van der Waals surface area contributed by atoms with Gasteiger partial charge in [-0.1, -0.05) is 0 Å². The molecule has 19 heavy (non-hydrogen) atoms. The van der Waals surface area contributed by atoms with E-state index in [0.717, 1.165) is 0 Å². The van der Waals surface area contributed by atoms with Crippen molar-refractivity contribution in [1.82, 2.24) is 0 Å². The number of aliphatic hydroxyl groups excluding tert-OH is 3. The third-order valence-corrected chi connectivity index (χ3v) is 2.98. The fraction of sp³-hybridized carbons (Fsp3) is 0.417. The summed E-state index contributed by atoms with van der Waals surface area (Å²) in [5.41, 5.74) is 0.687. The second-order valence-corrected chi connectivity index (χ2v) is 4.29. The summed E-state index contributed by atoms with van der Waals surface area (Å²) in [4.78, 5) is 10.7. The van der Waals surface area contributed by atoms with E-state index < -0.39 is 37.1 Å². The number of hydrogen-bond acceptors (Lipinski definition) is 6. The molecule has 0 unspecified atom stereocenters.